The van der Waals surface area contributed by atoms with Crippen LogP contribution in [0, 0.1) is 5.92 Å². The van der Waals surface area contributed by atoms with Gasteiger partial charge in [-0.15, -0.1) is 0 Å². The number of likely N-dealkylation sites (N-methyl/N-ethyl adjacent to an activating group) is 1. The Hall–Kier alpha value is -1.06. The van der Waals surface area contributed by atoms with Crippen LogP contribution in [0.2, 0.25) is 10.0 Å². The van der Waals surface area contributed by atoms with Crippen molar-refractivity contribution in [3.05, 3.63) is 33.8 Å². The summed E-state index contributed by atoms with van der Waals surface area (Å²) in [5.74, 6) is -0.503. The lowest BCUT2D eigenvalue weighted by Crippen LogP contribution is -2.32. The quantitative estimate of drug-likeness (QED) is 0.734. The average molecular weight is 270 g/mol. The molecule has 3 rings (SSSR count). The van der Waals surface area contributed by atoms with Crippen LogP contribution in [0.15, 0.2) is 18.2 Å². The summed E-state index contributed by atoms with van der Waals surface area (Å²) in [6.07, 6.45) is 0.566. The van der Waals surface area contributed by atoms with E-state index < -0.39 is 5.41 Å². The fraction of sp³-hybridized carbons (Fsp3) is 0.333. The van der Waals surface area contributed by atoms with E-state index in [0.29, 0.717) is 16.5 Å². The number of carbonyl (C=O) groups is 2. The van der Waals surface area contributed by atoms with Gasteiger partial charge in [0.1, 0.15) is 0 Å². The summed E-state index contributed by atoms with van der Waals surface area (Å²) in [7, 11) is 1.52. The number of amides is 2. The number of likely N-dealkylation sites (tertiary alicyclic amines) is 1. The van der Waals surface area contributed by atoms with Gasteiger partial charge in [-0.25, -0.2) is 0 Å². The van der Waals surface area contributed by atoms with Crippen molar-refractivity contribution in [2.24, 2.45) is 5.92 Å². The van der Waals surface area contributed by atoms with Crippen molar-refractivity contribution in [1.29, 1.82) is 0 Å². The molecule has 2 unspecified atom stereocenters. The molecular formula is C12H9Cl2NO2. The third-order valence-corrected chi connectivity index (χ3v) is 4.24. The number of rotatable bonds is 1. The van der Waals surface area contributed by atoms with Gasteiger partial charge in [-0.05, 0) is 24.1 Å². The fourth-order valence-electron chi connectivity index (χ4n) is 2.69. The Kier molecular flexibility index (Phi) is 2.11. The van der Waals surface area contributed by atoms with Crippen molar-refractivity contribution in [1.82, 2.24) is 4.90 Å². The molecule has 0 bridgehead atoms. The lowest BCUT2D eigenvalue weighted by atomic mass is 9.94. The van der Waals surface area contributed by atoms with E-state index in [-0.39, 0.29) is 17.7 Å². The van der Waals surface area contributed by atoms with Crippen LogP contribution in [0.25, 0.3) is 0 Å². The average Bonchev–Trinajstić information content (AvgIpc) is 2.98. The van der Waals surface area contributed by atoms with Crippen LogP contribution < -0.4 is 0 Å². The highest BCUT2D eigenvalue weighted by Crippen LogP contribution is 2.61. The maximum atomic E-state index is 12.1. The van der Waals surface area contributed by atoms with E-state index in [9.17, 15) is 9.59 Å². The second kappa shape index (κ2) is 3.24. The Morgan fingerprint density at radius 1 is 1.35 bits per heavy atom. The molecule has 2 aliphatic rings. The highest BCUT2D eigenvalue weighted by Gasteiger charge is 2.72. The predicted molar refractivity (Wildman–Crippen MR) is 64.0 cm³/mol. The van der Waals surface area contributed by atoms with Gasteiger partial charge >= 0.3 is 0 Å². The van der Waals surface area contributed by atoms with Crippen LogP contribution in [-0.4, -0.2) is 23.8 Å². The third-order valence-electron chi connectivity index (χ3n) is 3.69. The van der Waals surface area contributed by atoms with Gasteiger partial charge in [0, 0.05) is 17.1 Å². The highest BCUT2D eigenvalue weighted by molar-refractivity contribution is 6.35. The number of carbonyl (C=O) groups excluding carboxylic acids is 2. The molecule has 1 heterocycles. The minimum Gasteiger partial charge on any atom is -0.285 e. The molecule has 0 N–H and O–H groups in total. The second-order valence-corrected chi connectivity index (χ2v) is 5.40. The number of benzene rings is 1. The largest absolute Gasteiger partial charge is 0.285 e. The molecule has 1 saturated carbocycles. The first kappa shape index (κ1) is 11.1. The first-order chi connectivity index (χ1) is 7.98. The van der Waals surface area contributed by atoms with Crippen molar-refractivity contribution < 1.29 is 9.59 Å². The number of hydrogen-bond acceptors (Lipinski definition) is 2. The molecule has 1 aromatic carbocycles. The summed E-state index contributed by atoms with van der Waals surface area (Å²) in [6, 6.07) is 5.05. The summed E-state index contributed by atoms with van der Waals surface area (Å²) in [5, 5.41) is 0.980. The van der Waals surface area contributed by atoms with Gasteiger partial charge < -0.3 is 0 Å². The molecule has 2 fully saturated rings. The van der Waals surface area contributed by atoms with E-state index >= 15 is 0 Å². The Balaban J connectivity index is 2.12. The molecule has 0 spiro atoms. The SMILES string of the molecule is CN1C(=O)C2CC2(c2ccc(Cl)cc2Cl)C1=O. The van der Waals surface area contributed by atoms with Crippen LogP contribution in [0.3, 0.4) is 0 Å². The Morgan fingerprint density at radius 2 is 2.06 bits per heavy atom. The molecule has 2 atom stereocenters. The van der Waals surface area contributed by atoms with E-state index in [1.165, 1.54) is 11.9 Å². The number of hydrogen-bond donors (Lipinski definition) is 0. The van der Waals surface area contributed by atoms with Crippen LogP contribution in [0.1, 0.15) is 12.0 Å². The van der Waals surface area contributed by atoms with Crippen LogP contribution >= 0.6 is 23.2 Å². The molecule has 2 amide bonds. The molecule has 0 aromatic heterocycles. The van der Waals surface area contributed by atoms with Gasteiger partial charge in [0.05, 0.1) is 11.3 Å². The zero-order chi connectivity index (χ0) is 12.4. The van der Waals surface area contributed by atoms with Gasteiger partial charge in [0.2, 0.25) is 11.8 Å². The standard InChI is InChI=1S/C12H9Cl2NO2/c1-15-10(16)8-5-12(8,11(15)17)7-3-2-6(13)4-9(7)14/h2-4,8H,5H2,1H3. The summed E-state index contributed by atoms with van der Waals surface area (Å²) < 4.78 is 0. The molecule has 88 valence electrons. The number of imide groups is 1. The molecular weight excluding hydrogens is 261 g/mol. The van der Waals surface area contributed by atoms with Gasteiger partial charge in [0.15, 0.2) is 0 Å². The first-order valence-corrected chi connectivity index (χ1v) is 6.01. The number of piperidine rings is 1. The molecule has 1 aliphatic heterocycles. The van der Waals surface area contributed by atoms with Crippen molar-refractivity contribution >= 4 is 35.0 Å². The lowest BCUT2D eigenvalue weighted by Gasteiger charge is -2.16. The van der Waals surface area contributed by atoms with Crippen molar-refractivity contribution in [3.8, 4) is 0 Å². The van der Waals surface area contributed by atoms with Crippen molar-refractivity contribution in [3.63, 3.8) is 0 Å². The van der Waals surface area contributed by atoms with Gasteiger partial charge in [0.25, 0.3) is 0 Å². The maximum absolute atomic E-state index is 12.1. The van der Waals surface area contributed by atoms with E-state index in [1.807, 2.05) is 0 Å². The predicted octanol–water partition coefficient (Wildman–Crippen LogP) is 2.25. The Labute approximate surface area is 108 Å². The van der Waals surface area contributed by atoms with Crippen molar-refractivity contribution in [2.45, 2.75) is 11.8 Å². The van der Waals surface area contributed by atoms with Crippen molar-refractivity contribution in [2.75, 3.05) is 7.05 Å². The van der Waals surface area contributed by atoms with E-state index in [4.69, 9.17) is 23.2 Å². The molecule has 17 heavy (non-hydrogen) atoms. The summed E-state index contributed by atoms with van der Waals surface area (Å²) in [5.41, 5.74) is 0.00399. The molecule has 5 heteroatoms. The normalized spacial score (nSPS) is 30.8. The van der Waals surface area contributed by atoms with Gasteiger partial charge in [-0.3, -0.25) is 14.5 Å². The fourth-order valence-corrected chi connectivity index (χ4v) is 3.27. The third kappa shape index (κ3) is 1.24. The summed E-state index contributed by atoms with van der Waals surface area (Å²) in [4.78, 5) is 25.1. The minimum absolute atomic E-state index is 0.110. The molecule has 1 aliphatic carbocycles. The molecule has 3 nitrogen and oxygen atoms in total. The van der Waals surface area contributed by atoms with E-state index in [1.54, 1.807) is 18.2 Å². The molecule has 0 radical (unpaired) electrons. The van der Waals surface area contributed by atoms with Crippen LogP contribution in [-0.2, 0) is 15.0 Å². The number of fused-ring (bicyclic) bond motifs is 1. The topological polar surface area (TPSA) is 37.4 Å². The number of halogens is 2. The monoisotopic (exact) mass is 269 g/mol. The maximum Gasteiger partial charge on any atom is 0.240 e. The lowest BCUT2D eigenvalue weighted by molar-refractivity contribution is -0.140. The number of nitrogens with zero attached hydrogens (tertiary/aromatic N) is 1. The zero-order valence-corrected chi connectivity index (χ0v) is 10.5. The Bertz CT molecular complexity index is 557. The highest BCUT2D eigenvalue weighted by atomic mass is 35.5. The van der Waals surface area contributed by atoms with Gasteiger partial charge in [-0.1, -0.05) is 29.3 Å². The van der Waals surface area contributed by atoms with Crippen LogP contribution in [0.5, 0.6) is 0 Å². The molecule has 1 aromatic rings. The first-order valence-electron chi connectivity index (χ1n) is 5.26. The smallest absolute Gasteiger partial charge is 0.240 e. The summed E-state index contributed by atoms with van der Waals surface area (Å²) >= 11 is 11.9. The molecule has 1 saturated heterocycles. The second-order valence-electron chi connectivity index (χ2n) is 4.55. The summed E-state index contributed by atoms with van der Waals surface area (Å²) in [6.45, 7) is 0. The van der Waals surface area contributed by atoms with E-state index in [2.05, 4.69) is 0 Å². The van der Waals surface area contributed by atoms with Crippen LogP contribution in [0.4, 0.5) is 0 Å². The Morgan fingerprint density at radius 3 is 2.59 bits per heavy atom. The zero-order valence-electron chi connectivity index (χ0n) is 9.04. The van der Waals surface area contributed by atoms with Gasteiger partial charge in [-0.2, -0.15) is 0 Å². The minimum atomic E-state index is -0.715. The van der Waals surface area contributed by atoms with E-state index in [0.717, 1.165) is 5.56 Å².